The largest absolute Gasteiger partial charge is 0.465 e. The number of para-hydroxylation sites is 1. The van der Waals surface area contributed by atoms with Gasteiger partial charge in [-0.2, -0.15) is 0 Å². The number of nitrogens with one attached hydrogen (secondary N) is 1. The molecule has 8 heteroatoms. The molecule has 3 aromatic rings. The van der Waals surface area contributed by atoms with Crippen LogP contribution in [0.4, 0.5) is 5.69 Å². The lowest BCUT2D eigenvalue weighted by Gasteiger charge is -2.30. The molecule has 1 aromatic heterocycles. The van der Waals surface area contributed by atoms with Gasteiger partial charge in [0.25, 0.3) is 11.8 Å². The Bertz CT molecular complexity index is 1340. The molecular formula is C25H23N3O4S. The summed E-state index contributed by atoms with van der Waals surface area (Å²) in [6.45, 7) is 5.92. The van der Waals surface area contributed by atoms with E-state index in [1.807, 2.05) is 56.3 Å². The Labute approximate surface area is 196 Å². The van der Waals surface area contributed by atoms with Gasteiger partial charge in [-0.3, -0.25) is 24.6 Å². The highest BCUT2D eigenvalue weighted by Crippen LogP contribution is 2.28. The van der Waals surface area contributed by atoms with Crippen molar-refractivity contribution in [1.82, 2.24) is 9.88 Å². The predicted octanol–water partition coefficient (Wildman–Crippen LogP) is 3.65. The average Bonchev–Trinajstić information content (AvgIpc) is 3.10. The molecule has 0 unspecified atom stereocenters. The van der Waals surface area contributed by atoms with E-state index in [9.17, 15) is 14.4 Å². The number of hydrogen-bond acceptors (Lipinski definition) is 5. The van der Waals surface area contributed by atoms with E-state index in [4.69, 9.17) is 17.0 Å². The van der Waals surface area contributed by atoms with Crippen LogP contribution in [-0.2, 0) is 25.7 Å². The summed E-state index contributed by atoms with van der Waals surface area (Å²) in [6, 6.07) is 13.1. The summed E-state index contributed by atoms with van der Waals surface area (Å²) in [7, 11) is 0. The number of amides is 2. The summed E-state index contributed by atoms with van der Waals surface area (Å²) in [5.41, 5.74) is 3.94. The van der Waals surface area contributed by atoms with Crippen molar-refractivity contribution in [3.63, 3.8) is 0 Å². The molecule has 33 heavy (non-hydrogen) atoms. The van der Waals surface area contributed by atoms with Gasteiger partial charge in [0.05, 0.1) is 12.3 Å². The van der Waals surface area contributed by atoms with Crippen LogP contribution in [0.1, 0.15) is 23.6 Å². The van der Waals surface area contributed by atoms with Crippen LogP contribution in [0, 0.1) is 13.8 Å². The van der Waals surface area contributed by atoms with E-state index < -0.39 is 11.8 Å². The molecule has 0 aliphatic carbocycles. The van der Waals surface area contributed by atoms with E-state index in [-0.39, 0.29) is 29.8 Å². The zero-order valence-electron chi connectivity index (χ0n) is 18.5. The summed E-state index contributed by atoms with van der Waals surface area (Å²) in [5.74, 6) is -1.43. The number of nitrogens with zero attached hydrogens (tertiary/aromatic N) is 2. The Balaban J connectivity index is 1.78. The summed E-state index contributed by atoms with van der Waals surface area (Å²) in [5, 5.41) is 3.47. The first-order chi connectivity index (χ1) is 15.8. The molecule has 168 valence electrons. The number of aryl methyl sites for hydroxylation is 2. The fraction of sp³-hybridized carbons (Fsp3) is 0.200. The number of carbonyl (C=O) groups is 3. The molecule has 0 saturated carbocycles. The Morgan fingerprint density at radius 1 is 1.15 bits per heavy atom. The monoisotopic (exact) mass is 461 g/mol. The van der Waals surface area contributed by atoms with Crippen molar-refractivity contribution in [2.24, 2.45) is 0 Å². The van der Waals surface area contributed by atoms with Gasteiger partial charge in [0.2, 0.25) is 0 Å². The van der Waals surface area contributed by atoms with Crippen LogP contribution in [0.3, 0.4) is 0 Å². The van der Waals surface area contributed by atoms with Crippen LogP contribution >= 0.6 is 12.2 Å². The highest BCUT2D eigenvalue weighted by Gasteiger charge is 2.35. The molecule has 0 spiro atoms. The van der Waals surface area contributed by atoms with E-state index in [0.717, 1.165) is 22.0 Å². The van der Waals surface area contributed by atoms with Gasteiger partial charge in [-0.25, -0.2) is 0 Å². The minimum absolute atomic E-state index is 0.0242. The second kappa shape index (κ2) is 8.99. The first kappa shape index (κ1) is 22.4. The zero-order valence-corrected chi connectivity index (χ0v) is 19.4. The van der Waals surface area contributed by atoms with Crippen molar-refractivity contribution in [3.05, 3.63) is 70.9 Å². The minimum Gasteiger partial charge on any atom is -0.465 e. The Morgan fingerprint density at radius 3 is 2.64 bits per heavy atom. The van der Waals surface area contributed by atoms with Crippen molar-refractivity contribution in [3.8, 4) is 0 Å². The second-order valence-corrected chi connectivity index (χ2v) is 8.17. The summed E-state index contributed by atoms with van der Waals surface area (Å²) < 4.78 is 6.82. The molecule has 0 bridgehead atoms. The molecule has 2 amide bonds. The maximum atomic E-state index is 13.4. The summed E-state index contributed by atoms with van der Waals surface area (Å²) in [6.07, 6.45) is 3.28. The molecule has 1 aliphatic heterocycles. The van der Waals surface area contributed by atoms with E-state index in [0.29, 0.717) is 11.3 Å². The third-order valence-electron chi connectivity index (χ3n) is 5.42. The lowest BCUT2D eigenvalue weighted by atomic mass is 10.0. The highest BCUT2D eigenvalue weighted by atomic mass is 32.1. The fourth-order valence-electron chi connectivity index (χ4n) is 3.95. The maximum Gasteiger partial charge on any atom is 0.325 e. The van der Waals surface area contributed by atoms with Crippen molar-refractivity contribution in [2.75, 3.05) is 11.5 Å². The molecule has 0 radical (unpaired) electrons. The number of ether oxygens (including phenoxy) is 1. The molecule has 0 atom stereocenters. The van der Waals surface area contributed by atoms with E-state index in [1.54, 1.807) is 23.8 Å². The molecule has 1 N–H and O–H groups in total. The topological polar surface area (TPSA) is 80.6 Å². The van der Waals surface area contributed by atoms with Gasteiger partial charge in [-0.15, -0.1) is 0 Å². The number of carbonyl (C=O) groups excluding carboxylic acids is 3. The van der Waals surface area contributed by atoms with Crippen LogP contribution in [-0.4, -0.2) is 34.1 Å². The van der Waals surface area contributed by atoms with Gasteiger partial charge in [-0.05, 0) is 56.8 Å². The summed E-state index contributed by atoms with van der Waals surface area (Å²) in [4.78, 5) is 39.6. The number of anilines is 1. The number of esters is 1. The van der Waals surface area contributed by atoms with Crippen molar-refractivity contribution < 1.29 is 19.1 Å². The van der Waals surface area contributed by atoms with Crippen LogP contribution in [0.25, 0.3) is 17.0 Å². The van der Waals surface area contributed by atoms with Crippen molar-refractivity contribution >= 4 is 57.8 Å². The van der Waals surface area contributed by atoms with Gasteiger partial charge in [0.1, 0.15) is 12.1 Å². The van der Waals surface area contributed by atoms with Gasteiger partial charge < -0.3 is 9.30 Å². The first-order valence-electron chi connectivity index (χ1n) is 10.5. The van der Waals surface area contributed by atoms with Crippen LogP contribution < -0.4 is 10.2 Å². The summed E-state index contributed by atoms with van der Waals surface area (Å²) >= 11 is 5.32. The number of benzene rings is 2. The van der Waals surface area contributed by atoms with Crippen molar-refractivity contribution in [1.29, 1.82) is 0 Å². The first-order valence-corrected chi connectivity index (χ1v) is 10.9. The molecular weight excluding hydrogens is 438 g/mol. The van der Waals surface area contributed by atoms with Gasteiger partial charge in [0.15, 0.2) is 5.11 Å². The zero-order chi connectivity index (χ0) is 23.7. The van der Waals surface area contributed by atoms with Gasteiger partial charge in [-0.1, -0.05) is 35.9 Å². The van der Waals surface area contributed by atoms with E-state index in [1.165, 1.54) is 4.90 Å². The molecule has 1 aliphatic rings. The van der Waals surface area contributed by atoms with Crippen LogP contribution in [0.2, 0.25) is 0 Å². The average molecular weight is 462 g/mol. The fourth-order valence-corrected chi connectivity index (χ4v) is 4.23. The smallest absolute Gasteiger partial charge is 0.325 e. The maximum absolute atomic E-state index is 13.4. The molecule has 1 fully saturated rings. The normalized spacial score (nSPS) is 15.3. The minimum atomic E-state index is -0.562. The van der Waals surface area contributed by atoms with Crippen molar-refractivity contribution in [2.45, 2.75) is 27.3 Å². The number of hydrogen-bond donors (Lipinski definition) is 1. The quantitative estimate of drug-likeness (QED) is 0.272. The SMILES string of the molecule is CCOC(=O)Cn1cc(/C=C2\C(=O)NC(=S)N(c3ccc(C)cc3C)C2=O)c2ccccc21. The Morgan fingerprint density at radius 2 is 1.91 bits per heavy atom. The Kier molecular flexibility index (Phi) is 6.11. The lowest BCUT2D eigenvalue weighted by Crippen LogP contribution is -2.54. The number of aromatic nitrogens is 1. The number of thiocarbonyl (C=S) groups is 1. The standard InChI is InChI=1S/C25H23N3O4S/c1-4-32-22(29)14-27-13-17(18-7-5-6-8-21(18)27)12-19-23(30)26-25(33)28(24(19)31)20-10-9-15(2)11-16(20)3/h5-13H,4,14H2,1-3H3,(H,26,30,33)/b19-12+. The van der Waals surface area contributed by atoms with Crippen LogP contribution in [0.15, 0.2) is 54.2 Å². The predicted molar refractivity (Wildman–Crippen MR) is 131 cm³/mol. The third kappa shape index (κ3) is 4.29. The Hall–Kier alpha value is -3.78. The molecule has 4 rings (SSSR count). The molecule has 2 heterocycles. The van der Waals surface area contributed by atoms with E-state index >= 15 is 0 Å². The molecule has 2 aromatic carbocycles. The third-order valence-corrected chi connectivity index (χ3v) is 5.70. The van der Waals surface area contributed by atoms with Gasteiger partial charge >= 0.3 is 5.97 Å². The number of rotatable bonds is 5. The van der Waals surface area contributed by atoms with E-state index in [2.05, 4.69) is 5.32 Å². The molecule has 7 nitrogen and oxygen atoms in total. The van der Waals surface area contributed by atoms with Gasteiger partial charge in [0, 0.05) is 22.7 Å². The highest BCUT2D eigenvalue weighted by molar-refractivity contribution is 7.80. The number of fused-ring (bicyclic) bond motifs is 1. The van der Waals surface area contributed by atoms with Crippen LogP contribution in [0.5, 0.6) is 0 Å². The molecule has 1 saturated heterocycles. The second-order valence-electron chi connectivity index (χ2n) is 7.78. The lowest BCUT2D eigenvalue weighted by molar-refractivity contribution is -0.143.